The first-order valence-electron chi connectivity index (χ1n) is 5.44. The zero-order chi connectivity index (χ0) is 12.7. The van der Waals surface area contributed by atoms with Gasteiger partial charge in [-0.3, -0.25) is 4.79 Å². The van der Waals surface area contributed by atoms with Gasteiger partial charge in [0.05, 0.1) is 7.11 Å². The van der Waals surface area contributed by atoms with E-state index in [2.05, 4.69) is 10.6 Å². The van der Waals surface area contributed by atoms with Crippen molar-refractivity contribution in [2.24, 2.45) is 0 Å². The number of carbonyl (C=O) groups is 1. The Morgan fingerprint density at radius 2 is 2.24 bits per heavy atom. The zero-order valence-corrected chi connectivity index (χ0v) is 10.1. The van der Waals surface area contributed by atoms with Crippen LogP contribution >= 0.6 is 0 Å². The van der Waals surface area contributed by atoms with E-state index in [0.717, 1.165) is 5.56 Å². The fraction of sp³-hybridized carbons (Fsp3) is 0.417. The Bertz CT molecular complexity index is 380. The van der Waals surface area contributed by atoms with Crippen molar-refractivity contribution in [2.75, 3.05) is 20.7 Å². The third-order valence-electron chi connectivity index (χ3n) is 2.42. The number of phenolic OH excluding ortho intramolecular Hbond substituents is 1. The van der Waals surface area contributed by atoms with Crippen LogP contribution in [0.5, 0.6) is 11.5 Å². The van der Waals surface area contributed by atoms with E-state index in [1.54, 1.807) is 32.4 Å². The van der Waals surface area contributed by atoms with Gasteiger partial charge in [-0.1, -0.05) is 6.07 Å². The average molecular weight is 238 g/mol. The summed E-state index contributed by atoms with van der Waals surface area (Å²) in [6.07, 6.45) is 0.424. The van der Waals surface area contributed by atoms with Crippen molar-refractivity contribution in [1.82, 2.24) is 10.6 Å². The van der Waals surface area contributed by atoms with Crippen LogP contribution in [0.1, 0.15) is 12.0 Å². The summed E-state index contributed by atoms with van der Waals surface area (Å²) >= 11 is 0. The zero-order valence-electron chi connectivity index (χ0n) is 10.1. The minimum absolute atomic E-state index is 0.00328. The lowest BCUT2D eigenvalue weighted by Gasteiger charge is -2.08. The molecule has 0 spiro atoms. The fourth-order valence-corrected chi connectivity index (χ4v) is 1.37. The molecule has 1 aromatic rings. The van der Waals surface area contributed by atoms with Gasteiger partial charge in [0, 0.05) is 38.2 Å². The molecule has 0 radical (unpaired) electrons. The Morgan fingerprint density at radius 3 is 2.82 bits per heavy atom. The second-order valence-electron chi connectivity index (χ2n) is 3.59. The molecule has 1 rings (SSSR count). The molecule has 3 N–H and O–H groups in total. The van der Waals surface area contributed by atoms with Crippen LogP contribution in [0.3, 0.4) is 0 Å². The van der Waals surface area contributed by atoms with E-state index in [4.69, 9.17) is 4.74 Å². The van der Waals surface area contributed by atoms with Crippen molar-refractivity contribution in [3.63, 3.8) is 0 Å². The molecule has 1 amide bonds. The van der Waals surface area contributed by atoms with E-state index in [-0.39, 0.29) is 11.7 Å². The molecule has 0 saturated heterocycles. The summed E-state index contributed by atoms with van der Waals surface area (Å²) in [6, 6.07) is 5.15. The highest BCUT2D eigenvalue weighted by atomic mass is 16.5. The summed E-state index contributed by atoms with van der Waals surface area (Å²) in [7, 11) is 3.16. The van der Waals surface area contributed by atoms with Gasteiger partial charge < -0.3 is 20.5 Å². The molecule has 17 heavy (non-hydrogen) atoms. The van der Waals surface area contributed by atoms with Gasteiger partial charge in [0.2, 0.25) is 5.91 Å². The topological polar surface area (TPSA) is 70.6 Å². The molecule has 0 heterocycles. The molecular weight excluding hydrogens is 220 g/mol. The number of nitrogens with one attached hydrogen (secondary N) is 2. The summed E-state index contributed by atoms with van der Waals surface area (Å²) in [5.41, 5.74) is 0.780. The van der Waals surface area contributed by atoms with Crippen LogP contribution < -0.4 is 15.4 Å². The molecule has 0 unspecified atom stereocenters. The van der Waals surface area contributed by atoms with Crippen molar-refractivity contribution in [3.05, 3.63) is 23.8 Å². The summed E-state index contributed by atoms with van der Waals surface area (Å²) in [6.45, 7) is 1.10. The standard InChI is InChI=1S/C12H18N2O3/c1-13-12(16)5-6-14-8-9-3-4-10(17-2)7-11(9)15/h3-4,7,14-15H,5-6,8H2,1-2H3,(H,13,16). The average Bonchev–Trinajstić information content (AvgIpc) is 2.35. The summed E-state index contributed by atoms with van der Waals surface area (Å²) < 4.78 is 4.99. The van der Waals surface area contributed by atoms with Crippen LogP contribution in [0.15, 0.2) is 18.2 Å². The lowest BCUT2D eigenvalue weighted by molar-refractivity contribution is -0.120. The van der Waals surface area contributed by atoms with E-state index >= 15 is 0 Å². The van der Waals surface area contributed by atoms with Gasteiger partial charge in [-0.2, -0.15) is 0 Å². The molecule has 94 valence electrons. The number of amides is 1. The number of phenols is 1. The third-order valence-corrected chi connectivity index (χ3v) is 2.42. The van der Waals surface area contributed by atoms with Crippen LogP contribution in [0, 0.1) is 0 Å². The second kappa shape index (κ2) is 6.75. The van der Waals surface area contributed by atoms with Gasteiger partial charge in [-0.15, -0.1) is 0 Å². The van der Waals surface area contributed by atoms with Gasteiger partial charge in [-0.25, -0.2) is 0 Å². The Kier molecular flexibility index (Phi) is 5.29. The van der Waals surface area contributed by atoms with Crippen molar-refractivity contribution < 1.29 is 14.6 Å². The minimum atomic E-state index is -0.00328. The Morgan fingerprint density at radius 1 is 1.47 bits per heavy atom. The smallest absolute Gasteiger partial charge is 0.221 e. The molecule has 0 atom stereocenters. The van der Waals surface area contributed by atoms with Crippen LogP contribution in [-0.2, 0) is 11.3 Å². The molecule has 5 heteroatoms. The number of methoxy groups -OCH3 is 1. The van der Waals surface area contributed by atoms with E-state index in [1.807, 2.05) is 0 Å². The van der Waals surface area contributed by atoms with Gasteiger partial charge in [0.25, 0.3) is 0 Å². The van der Waals surface area contributed by atoms with Crippen LogP contribution in [0.2, 0.25) is 0 Å². The first-order valence-corrected chi connectivity index (χ1v) is 5.44. The fourth-order valence-electron chi connectivity index (χ4n) is 1.37. The minimum Gasteiger partial charge on any atom is -0.507 e. The highest BCUT2D eigenvalue weighted by molar-refractivity contribution is 5.75. The normalized spacial score (nSPS) is 10.0. The molecule has 0 aliphatic heterocycles. The SMILES string of the molecule is CNC(=O)CCNCc1ccc(OC)cc1O. The van der Waals surface area contributed by atoms with Gasteiger partial charge in [-0.05, 0) is 6.07 Å². The highest BCUT2D eigenvalue weighted by Crippen LogP contribution is 2.22. The summed E-state index contributed by atoms with van der Waals surface area (Å²) in [5.74, 6) is 0.810. The third kappa shape index (κ3) is 4.32. The lowest BCUT2D eigenvalue weighted by Crippen LogP contribution is -2.24. The Balaban J connectivity index is 2.39. The number of hydrogen-bond acceptors (Lipinski definition) is 4. The number of rotatable bonds is 6. The van der Waals surface area contributed by atoms with Crippen molar-refractivity contribution >= 4 is 5.91 Å². The van der Waals surface area contributed by atoms with Crippen LogP contribution in [-0.4, -0.2) is 31.7 Å². The van der Waals surface area contributed by atoms with Gasteiger partial charge in [0.15, 0.2) is 0 Å². The predicted molar refractivity (Wildman–Crippen MR) is 65.0 cm³/mol. The second-order valence-corrected chi connectivity index (χ2v) is 3.59. The maximum Gasteiger partial charge on any atom is 0.221 e. The summed E-state index contributed by atoms with van der Waals surface area (Å²) in [4.78, 5) is 11.0. The number of aromatic hydroxyl groups is 1. The highest BCUT2D eigenvalue weighted by Gasteiger charge is 2.03. The van der Waals surface area contributed by atoms with Crippen LogP contribution in [0.4, 0.5) is 0 Å². The predicted octanol–water partition coefficient (Wildman–Crippen LogP) is 0.626. The first-order chi connectivity index (χ1) is 8.17. The number of benzene rings is 1. The Labute approximate surface area is 101 Å². The van der Waals surface area contributed by atoms with Crippen molar-refractivity contribution in [2.45, 2.75) is 13.0 Å². The molecule has 0 saturated carbocycles. The molecule has 0 aliphatic rings. The van der Waals surface area contributed by atoms with E-state index in [0.29, 0.717) is 25.3 Å². The van der Waals surface area contributed by atoms with Gasteiger partial charge >= 0.3 is 0 Å². The monoisotopic (exact) mass is 238 g/mol. The van der Waals surface area contributed by atoms with Crippen molar-refractivity contribution in [3.8, 4) is 11.5 Å². The summed E-state index contributed by atoms with van der Waals surface area (Å²) in [5, 5.41) is 15.3. The number of hydrogen-bond donors (Lipinski definition) is 3. The van der Waals surface area contributed by atoms with E-state index in [1.165, 1.54) is 0 Å². The molecule has 1 aromatic carbocycles. The molecule has 0 aliphatic carbocycles. The Hall–Kier alpha value is -1.75. The molecule has 0 fully saturated rings. The number of carbonyl (C=O) groups excluding carboxylic acids is 1. The number of ether oxygens (including phenoxy) is 1. The van der Waals surface area contributed by atoms with Crippen LogP contribution in [0.25, 0.3) is 0 Å². The first kappa shape index (κ1) is 13.3. The lowest BCUT2D eigenvalue weighted by atomic mass is 10.2. The molecular formula is C12H18N2O3. The molecule has 0 bridgehead atoms. The largest absolute Gasteiger partial charge is 0.507 e. The van der Waals surface area contributed by atoms with Gasteiger partial charge in [0.1, 0.15) is 11.5 Å². The quantitative estimate of drug-likeness (QED) is 0.636. The van der Waals surface area contributed by atoms with E-state index < -0.39 is 0 Å². The molecule has 0 aromatic heterocycles. The van der Waals surface area contributed by atoms with E-state index in [9.17, 15) is 9.90 Å². The van der Waals surface area contributed by atoms with Crippen molar-refractivity contribution in [1.29, 1.82) is 0 Å². The molecule has 5 nitrogen and oxygen atoms in total. The maximum atomic E-state index is 11.0. The maximum absolute atomic E-state index is 11.0.